The lowest BCUT2D eigenvalue weighted by Gasteiger charge is -2.11. The second-order valence-corrected chi connectivity index (χ2v) is 6.80. The van der Waals surface area contributed by atoms with Crippen molar-refractivity contribution in [1.29, 1.82) is 0 Å². The number of nitrogens with two attached hydrogens (primary N) is 1. The Morgan fingerprint density at radius 1 is 1.42 bits per heavy atom. The monoisotopic (exact) mass is 380 g/mol. The van der Waals surface area contributed by atoms with Gasteiger partial charge in [-0.3, -0.25) is 14.3 Å². The van der Waals surface area contributed by atoms with E-state index in [1.807, 2.05) is 0 Å². The van der Waals surface area contributed by atoms with E-state index in [1.54, 1.807) is 7.05 Å². The van der Waals surface area contributed by atoms with Gasteiger partial charge in [0, 0.05) is 18.7 Å². The number of amides is 1. The van der Waals surface area contributed by atoms with E-state index in [1.165, 1.54) is 16.8 Å². The first-order valence-corrected chi connectivity index (χ1v) is 8.47. The number of nitrogens with one attached hydrogen (secondary N) is 1. The van der Waals surface area contributed by atoms with E-state index in [-0.39, 0.29) is 22.3 Å². The first-order chi connectivity index (χ1) is 12.3. The van der Waals surface area contributed by atoms with Gasteiger partial charge in [0.2, 0.25) is 0 Å². The highest BCUT2D eigenvalue weighted by Crippen LogP contribution is 2.40. The molecule has 1 fully saturated rings. The number of nitrogen functional groups attached to an aromatic ring is 1. The van der Waals surface area contributed by atoms with Crippen molar-refractivity contribution in [2.24, 2.45) is 13.0 Å². The summed E-state index contributed by atoms with van der Waals surface area (Å²) in [5.74, 6) is -2.34. The summed E-state index contributed by atoms with van der Waals surface area (Å²) in [7, 11) is 1.62. The predicted molar refractivity (Wildman–Crippen MR) is 94.7 cm³/mol. The zero-order chi connectivity index (χ0) is 19.0. The van der Waals surface area contributed by atoms with Gasteiger partial charge in [-0.2, -0.15) is 5.10 Å². The van der Waals surface area contributed by atoms with Crippen molar-refractivity contribution in [1.82, 2.24) is 9.78 Å². The second kappa shape index (κ2) is 6.95. The summed E-state index contributed by atoms with van der Waals surface area (Å²) in [4.78, 5) is 23.9. The van der Waals surface area contributed by atoms with Crippen LogP contribution in [0.5, 0.6) is 0 Å². The van der Waals surface area contributed by atoms with Crippen LogP contribution in [0.2, 0.25) is 5.02 Å². The fraction of sp³-hybridized carbons (Fsp3) is 0.353. The van der Waals surface area contributed by atoms with E-state index in [4.69, 9.17) is 17.3 Å². The van der Waals surface area contributed by atoms with E-state index in [0.29, 0.717) is 30.6 Å². The van der Waals surface area contributed by atoms with Crippen LogP contribution >= 0.6 is 11.6 Å². The highest BCUT2D eigenvalue weighted by atomic mass is 35.5. The first-order valence-electron chi connectivity index (χ1n) is 8.09. The maximum atomic E-state index is 13.3. The Labute approximate surface area is 153 Å². The van der Waals surface area contributed by atoms with E-state index >= 15 is 0 Å². The Hall–Kier alpha value is -2.61. The number of rotatable bonds is 4. The lowest BCUT2D eigenvalue weighted by atomic mass is 9.98. The van der Waals surface area contributed by atoms with Crippen molar-refractivity contribution >= 4 is 35.0 Å². The maximum Gasteiger partial charge on any atom is 0.306 e. The Morgan fingerprint density at radius 2 is 2.15 bits per heavy atom. The zero-order valence-electron chi connectivity index (χ0n) is 14.0. The summed E-state index contributed by atoms with van der Waals surface area (Å²) in [6.07, 6.45) is 1.57. The number of hydrogen-bond acceptors (Lipinski definition) is 4. The molecule has 138 valence electrons. The third-order valence-corrected chi connectivity index (χ3v) is 4.98. The molecule has 1 heterocycles. The van der Waals surface area contributed by atoms with Crippen molar-refractivity contribution < 1.29 is 19.1 Å². The number of aliphatic carboxylic acids is 1. The van der Waals surface area contributed by atoms with Crippen LogP contribution in [0.25, 0.3) is 0 Å². The van der Waals surface area contributed by atoms with Crippen LogP contribution in [0.3, 0.4) is 0 Å². The average Bonchev–Trinajstić information content (AvgIpc) is 3.17. The average molecular weight is 381 g/mol. The maximum absolute atomic E-state index is 13.3. The minimum Gasteiger partial charge on any atom is -0.481 e. The molecule has 0 spiro atoms. The number of halogens is 2. The van der Waals surface area contributed by atoms with Gasteiger partial charge < -0.3 is 16.2 Å². The number of hydrogen-bond donors (Lipinski definition) is 3. The highest BCUT2D eigenvalue weighted by Gasteiger charge is 2.35. The van der Waals surface area contributed by atoms with Crippen LogP contribution in [-0.2, 0) is 11.8 Å². The molecular weight excluding hydrogens is 363 g/mol. The number of carbonyl (C=O) groups excluding carboxylic acids is 1. The van der Waals surface area contributed by atoms with Gasteiger partial charge in [0.1, 0.15) is 17.2 Å². The molecule has 0 saturated heterocycles. The molecule has 1 aliphatic rings. The van der Waals surface area contributed by atoms with Gasteiger partial charge in [-0.25, -0.2) is 4.39 Å². The van der Waals surface area contributed by atoms with Crippen molar-refractivity contribution in [3.63, 3.8) is 0 Å². The molecule has 4 N–H and O–H groups in total. The zero-order valence-corrected chi connectivity index (χ0v) is 14.8. The standard InChI is InChI=1S/C17H18ClFN4O3/c1-23-15(20)13(14(22-23)8-2-3-9(6-8)17(25)26)16(24)21-10-4-5-12(19)11(18)7-10/h4-5,7-9H,2-3,6,20H2,1H3,(H,21,24)(H,25,26). The fourth-order valence-electron chi connectivity index (χ4n) is 3.30. The molecule has 1 amide bonds. The van der Waals surface area contributed by atoms with Gasteiger partial charge in [0.15, 0.2) is 0 Å². The quantitative estimate of drug-likeness (QED) is 0.755. The number of carboxylic acid groups (broad SMARTS) is 1. The molecule has 0 aliphatic heterocycles. The molecule has 9 heteroatoms. The summed E-state index contributed by atoms with van der Waals surface area (Å²) >= 11 is 5.74. The number of benzene rings is 1. The normalized spacial score (nSPS) is 19.5. The van der Waals surface area contributed by atoms with Gasteiger partial charge in [0.25, 0.3) is 5.91 Å². The molecule has 1 aliphatic carbocycles. The van der Waals surface area contributed by atoms with E-state index < -0.39 is 23.6 Å². The van der Waals surface area contributed by atoms with Crippen LogP contribution in [0, 0.1) is 11.7 Å². The SMILES string of the molecule is Cn1nc(C2CCC(C(=O)O)C2)c(C(=O)Nc2ccc(F)c(Cl)c2)c1N. The lowest BCUT2D eigenvalue weighted by molar-refractivity contribution is -0.141. The highest BCUT2D eigenvalue weighted by molar-refractivity contribution is 6.31. The summed E-state index contributed by atoms with van der Waals surface area (Å²) in [6, 6.07) is 3.85. The Balaban J connectivity index is 1.88. The largest absolute Gasteiger partial charge is 0.481 e. The van der Waals surface area contributed by atoms with Crippen LogP contribution in [0.1, 0.15) is 41.2 Å². The molecule has 2 unspecified atom stereocenters. The van der Waals surface area contributed by atoms with Crippen molar-refractivity contribution in [3.05, 3.63) is 40.3 Å². The number of carbonyl (C=O) groups is 2. The minimum atomic E-state index is -0.844. The van der Waals surface area contributed by atoms with Crippen molar-refractivity contribution in [2.75, 3.05) is 11.1 Å². The van der Waals surface area contributed by atoms with E-state index in [2.05, 4.69) is 10.4 Å². The summed E-state index contributed by atoms with van der Waals surface area (Å²) in [5, 5.41) is 16.0. The topological polar surface area (TPSA) is 110 Å². The minimum absolute atomic E-state index is 0.109. The smallest absolute Gasteiger partial charge is 0.306 e. The molecular formula is C17H18ClFN4O3. The summed E-state index contributed by atoms with van der Waals surface area (Å²) in [5.41, 5.74) is 7.03. The number of aryl methyl sites for hydroxylation is 1. The molecule has 1 aromatic carbocycles. The molecule has 0 bridgehead atoms. The van der Waals surface area contributed by atoms with Crippen LogP contribution in [0.15, 0.2) is 18.2 Å². The van der Waals surface area contributed by atoms with Gasteiger partial charge in [-0.1, -0.05) is 11.6 Å². The summed E-state index contributed by atoms with van der Waals surface area (Å²) in [6.45, 7) is 0. The molecule has 2 aromatic rings. The third kappa shape index (κ3) is 3.37. The number of nitrogens with zero attached hydrogens (tertiary/aromatic N) is 2. The molecule has 1 aromatic heterocycles. The van der Waals surface area contributed by atoms with Crippen LogP contribution < -0.4 is 11.1 Å². The van der Waals surface area contributed by atoms with Crippen molar-refractivity contribution in [2.45, 2.75) is 25.2 Å². The van der Waals surface area contributed by atoms with Gasteiger partial charge >= 0.3 is 5.97 Å². The van der Waals surface area contributed by atoms with E-state index in [0.717, 1.165) is 6.07 Å². The van der Waals surface area contributed by atoms with Gasteiger partial charge in [0.05, 0.1) is 16.6 Å². The molecule has 7 nitrogen and oxygen atoms in total. The van der Waals surface area contributed by atoms with Gasteiger partial charge in [-0.15, -0.1) is 0 Å². The summed E-state index contributed by atoms with van der Waals surface area (Å²) < 4.78 is 14.7. The molecule has 2 atom stereocenters. The molecule has 3 rings (SSSR count). The molecule has 1 saturated carbocycles. The van der Waals surface area contributed by atoms with Crippen molar-refractivity contribution in [3.8, 4) is 0 Å². The predicted octanol–water partition coefficient (Wildman–Crippen LogP) is 3.02. The molecule has 26 heavy (non-hydrogen) atoms. The third-order valence-electron chi connectivity index (χ3n) is 4.69. The number of aromatic nitrogens is 2. The van der Waals surface area contributed by atoms with Crippen LogP contribution in [0.4, 0.5) is 15.9 Å². The Bertz CT molecular complexity index is 883. The second-order valence-electron chi connectivity index (χ2n) is 6.40. The van der Waals surface area contributed by atoms with E-state index in [9.17, 15) is 19.1 Å². The van der Waals surface area contributed by atoms with Crippen LogP contribution in [-0.4, -0.2) is 26.8 Å². The lowest BCUT2D eigenvalue weighted by Crippen LogP contribution is -2.16. The number of anilines is 2. The Morgan fingerprint density at radius 3 is 2.77 bits per heavy atom. The molecule has 0 radical (unpaired) electrons. The van der Waals surface area contributed by atoms with Gasteiger partial charge in [-0.05, 0) is 37.5 Å². The fourth-order valence-corrected chi connectivity index (χ4v) is 3.48. The Kier molecular flexibility index (Phi) is 4.86. The number of carboxylic acids is 1. The first kappa shape index (κ1) is 18.2.